The van der Waals surface area contributed by atoms with Crippen molar-refractivity contribution in [3.8, 4) is 0 Å². The molecule has 0 heterocycles. The maximum atomic E-state index is 12.2. The number of Topliss-reactive ketones (excluding diaryl/α,β-unsaturated/α-hetero) is 1. The molecule has 0 aromatic heterocycles. The van der Waals surface area contributed by atoms with Crippen molar-refractivity contribution in [2.45, 2.75) is 38.5 Å². The molecule has 2 atom stereocenters. The van der Waals surface area contributed by atoms with Crippen LogP contribution in [0.1, 0.15) is 25.3 Å². The minimum Gasteiger partial charge on any atom is -0.459 e. The molecule has 1 aromatic rings. The lowest BCUT2D eigenvalue weighted by Gasteiger charge is -2.19. The smallest absolute Gasteiger partial charge is 0.328 e. The lowest BCUT2D eigenvalue weighted by Crippen LogP contribution is -2.46. The fourth-order valence-electron chi connectivity index (χ4n) is 1.83. The fraction of sp³-hybridized carbons (Fsp3) is 0.412. The van der Waals surface area contributed by atoms with Crippen molar-refractivity contribution >= 4 is 23.9 Å². The molecule has 0 fully saturated rings. The first-order valence-corrected chi connectivity index (χ1v) is 7.55. The number of hydrogen-bond acceptors (Lipinski definition) is 6. The first-order valence-electron chi connectivity index (χ1n) is 7.55. The molecule has 1 amide bonds. The van der Waals surface area contributed by atoms with Gasteiger partial charge in [-0.2, -0.15) is 0 Å². The number of nitrogens with one attached hydrogen (secondary N) is 2. The van der Waals surface area contributed by atoms with Gasteiger partial charge in [0.25, 0.3) is 0 Å². The van der Waals surface area contributed by atoms with Crippen LogP contribution in [0.25, 0.3) is 0 Å². The molecule has 0 spiro atoms. The van der Waals surface area contributed by atoms with Crippen LogP contribution < -0.4 is 5.32 Å². The second kappa shape index (κ2) is 10.3. The molecule has 0 aliphatic heterocycles. The SMILES string of the molecule is CO[C@@H](C)C(=O)N[C@@H](CCC(=O)C=N)C(=O)OCc1ccccc1. The van der Waals surface area contributed by atoms with E-state index in [1.807, 2.05) is 30.3 Å². The van der Waals surface area contributed by atoms with Crippen molar-refractivity contribution < 1.29 is 23.9 Å². The molecule has 1 rings (SSSR count). The zero-order valence-electron chi connectivity index (χ0n) is 13.8. The fourth-order valence-corrected chi connectivity index (χ4v) is 1.83. The number of rotatable bonds is 10. The van der Waals surface area contributed by atoms with Gasteiger partial charge in [-0.05, 0) is 18.9 Å². The first-order chi connectivity index (χ1) is 11.5. The Labute approximate surface area is 140 Å². The Morgan fingerprint density at radius 1 is 1.25 bits per heavy atom. The second-order valence-corrected chi connectivity index (χ2v) is 5.18. The van der Waals surface area contributed by atoms with E-state index in [2.05, 4.69) is 5.32 Å². The summed E-state index contributed by atoms with van der Waals surface area (Å²) in [4.78, 5) is 35.4. The predicted octanol–water partition coefficient (Wildman–Crippen LogP) is 1.25. The third kappa shape index (κ3) is 6.70. The highest BCUT2D eigenvalue weighted by Crippen LogP contribution is 2.06. The lowest BCUT2D eigenvalue weighted by atomic mass is 10.1. The van der Waals surface area contributed by atoms with Gasteiger partial charge in [-0.15, -0.1) is 0 Å². The topological polar surface area (TPSA) is 106 Å². The first kappa shape index (κ1) is 19.5. The molecular formula is C17H22N2O5. The van der Waals surface area contributed by atoms with Crippen molar-refractivity contribution in [2.75, 3.05) is 7.11 Å². The summed E-state index contributed by atoms with van der Waals surface area (Å²) >= 11 is 0. The summed E-state index contributed by atoms with van der Waals surface area (Å²) in [7, 11) is 1.38. The highest BCUT2D eigenvalue weighted by Gasteiger charge is 2.25. The third-order valence-corrected chi connectivity index (χ3v) is 3.39. The van der Waals surface area contributed by atoms with E-state index in [4.69, 9.17) is 14.9 Å². The summed E-state index contributed by atoms with van der Waals surface area (Å²) in [6, 6.07) is 8.15. The summed E-state index contributed by atoms with van der Waals surface area (Å²) in [5.41, 5.74) is 0.816. The zero-order valence-corrected chi connectivity index (χ0v) is 13.8. The van der Waals surface area contributed by atoms with E-state index >= 15 is 0 Å². The Morgan fingerprint density at radius 2 is 1.92 bits per heavy atom. The van der Waals surface area contributed by atoms with Gasteiger partial charge in [0, 0.05) is 13.5 Å². The molecule has 24 heavy (non-hydrogen) atoms. The van der Waals surface area contributed by atoms with Gasteiger partial charge < -0.3 is 20.2 Å². The summed E-state index contributed by atoms with van der Waals surface area (Å²) in [6.07, 6.45) is -0.0143. The van der Waals surface area contributed by atoms with Crippen molar-refractivity contribution in [2.24, 2.45) is 0 Å². The molecule has 2 N–H and O–H groups in total. The van der Waals surface area contributed by atoms with Crippen LogP contribution >= 0.6 is 0 Å². The molecule has 130 valence electrons. The quantitative estimate of drug-likeness (QED) is 0.495. The third-order valence-electron chi connectivity index (χ3n) is 3.39. The Balaban J connectivity index is 2.67. The Kier molecular flexibility index (Phi) is 8.35. The molecule has 0 bridgehead atoms. The molecule has 0 aliphatic rings. The minimum atomic E-state index is -0.970. The van der Waals surface area contributed by atoms with E-state index in [-0.39, 0.29) is 19.4 Å². The maximum absolute atomic E-state index is 12.2. The van der Waals surface area contributed by atoms with Crippen LogP contribution in [0.4, 0.5) is 0 Å². The van der Waals surface area contributed by atoms with Crippen molar-refractivity contribution in [3.63, 3.8) is 0 Å². The highest BCUT2D eigenvalue weighted by atomic mass is 16.5. The number of hydrogen-bond donors (Lipinski definition) is 2. The average Bonchev–Trinajstić information content (AvgIpc) is 2.62. The van der Waals surface area contributed by atoms with E-state index in [0.717, 1.165) is 5.56 Å². The van der Waals surface area contributed by atoms with E-state index in [9.17, 15) is 14.4 Å². The van der Waals surface area contributed by atoms with Crippen molar-refractivity contribution in [1.82, 2.24) is 5.32 Å². The Hall–Kier alpha value is -2.54. The van der Waals surface area contributed by atoms with Crippen LogP contribution in [-0.4, -0.2) is 43.1 Å². The molecule has 0 saturated carbocycles. The number of methoxy groups -OCH3 is 1. The largest absolute Gasteiger partial charge is 0.459 e. The molecule has 0 unspecified atom stereocenters. The van der Waals surface area contributed by atoms with Gasteiger partial charge in [0.05, 0.1) is 6.21 Å². The van der Waals surface area contributed by atoms with Crippen molar-refractivity contribution in [1.29, 1.82) is 5.41 Å². The standard InChI is InChI=1S/C17H22N2O5/c1-12(23-2)16(21)19-15(9-8-14(20)10-18)17(22)24-11-13-6-4-3-5-7-13/h3-7,10,12,15,18H,8-9,11H2,1-2H3,(H,19,21)/t12-,15-/m0/s1. The number of ether oxygens (including phenoxy) is 2. The van der Waals surface area contributed by atoms with Gasteiger partial charge in [0.15, 0.2) is 5.78 Å². The van der Waals surface area contributed by atoms with Crippen LogP contribution in [-0.2, 0) is 30.5 Å². The number of ketones is 1. The van der Waals surface area contributed by atoms with Gasteiger partial charge in [0.2, 0.25) is 5.91 Å². The lowest BCUT2D eigenvalue weighted by molar-refractivity contribution is -0.150. The summed E-state index contributed by atoms with van der Waals surface area (Å²) in [5.74, 6) is -1.53. The molecular weight excluding hydrogens is 312 g/mol. The summed E-state index contributed by atoms with van der Waals surface area (Å²) in [5, 5.41) is 9.41. The highest BCUT2D eigenvalue weighted by molar-refractivity contribution is 6.26. The minimum absolute atomic E-state index is 0.0315. The van der Waals surface area contributed by atoms with E-state index < -0.39 is 29.8 Å². The van der Waals surface area contributed by atoms with E-state index in [1.54, 1.807) is 6.92 Å². The van der Waals surface area contributed by atoms with Gasteiger partial charge in [-0.3, -0.25) is 9.59 Å². The van der Waals surface area contributed by atoms with Gasteiger partial charge >= 0.3 is 5.97 Å². The van der Waals surface area contributed by atoms with Crippen molar-refractivity contribution in [3.05, 3.63) is 35.9 Å². The second-order valence-electron chi connectivity index (χ2n) is 5.18. The molecule has 7 heteroatoms. The predicted molar refractivity (Wildman–Crippen MR) is 87.7 cm³/mol. The van der Waals surface area contributed by atoms with Gasteiger partial charge in [0.1, 0.15) is 18.8 Å². The van der Waals surface area contributed by atoms with E-state index in [0.29, 0.717) is 6.21 Å². The van der Waals surface area contributed by atoms with Crippen LogP contribution in [0.2, 0.25) is 0 Å². The number of benzene rings is 1. The monoisotopic (exact) mass is 334 g/mol. The number of esters is 1. The van der Waals surface area contributed by atoms with E-state index in [1.165, 1.54) is 7.11 Å². The molecule has 7 nitrogen and oxygen atoms in total. The number of amides is 1. The molecule has 0 saturated heterocycles. The van der Waals surface area contributed by atoms with Crippen LogP contribution in [0.15, 0.2) is 30.3 Å². The van der Waals surface area contributed by atoms with Crippen LogP contribution in [0.3, 0.4) is 0 Å². The zero-order chi connectivity index (χ0) is 17.9. The Bertz CT molecular complexity index is 574. The van der Waals surface area contributed by atoms with Crippen LogP contribution in [0, 0.1) is 5.41 Å². The average molecular weight is 334 g/mol. The van der Waals surface area contributed by atoms with Gasteiger partial charge in [-0.25, -0.2) is 4.79 Å². The maximum Gasteiger partial charge on any atom is 0.328 e. The molecule has 0 radical (unpaired) electrons. The number of carbonyl (C=O) groups excluding carboxylic acids is 3. The normalized spacial score (nSPS) is 12.8. The summed E-state index contributed by atoms with van der Waals surface area (Å²) in [6.45, 7) is 1.62. The molecule has 1 aromatic carbocycles. The Morgan fingerprint density at radius 3 is 2.50 bits per heavy atom. The summed E-state index contributed by atoms with van der Waals surface area (Å²) < 4.78 is 10.1. The van der Waals surface area contributed by atoms with Crippen LogP contribution in [0.5, 0.6) is 0 Å². The van der Waals surface area contributed by atoms with Gasteiger partial charge in [-0.1, -0.05) is 30.3 Å². The molecule has 0 aliphatic carbocycles. The number of carbonyl (C=O) groups is 3.